The third kappa shape index (κ3) is 4.08. The van der Waals surface area contributed by atoms with Crippen LogP contribution in [0, 0.1) is 0 Å². The molecular weight excluding hydrogens is 336 g/mol. The first kappa shape index (κ1) is 17.1. The Morgan fingerprint density at radius 2 is 1.48 bits per heavy atom. The first-order valence-corrected chi connectivity index (χ1v) is 9.17. The minimum absolute atomic E-state index is 0.0144. The molecule has 4 rings (SSSR count). The van der Waals surface area contributed by atoms with Crippen molar-refractivity contribution in [2.75, 3.05) is 36.4 Å². The molecule has 0 radical (unpaired) electrons. The number of aromatic nitrogens is 1. The number of benzene rings is 2. The van der Waals surface area contributed by atoms with E-state index in [1.807, 2.05) is 65.6 Å². The number of pyridine rings is 1. The Balaban J connectivity index is 1.41. The molecule has 0 atom stereocenters. The van der Waals surface area contributed by atoms with Crippen LogP contribution in [-0.2, 0) is 0 Å². The molecular formula is C22H22N4O. The minimum atomic E-state index is -0.0144. The maximum Gasteiger partial charge on any atom is 0.272 e. The quantitative estimate of drug-likeness (QED) is 0.771. The number of nitrogens with one attached hydrogen (secondary N) is 1. The topological polar surface area (TPSA) is 48.5 Å². The van der Waals surface area contributed by atoms with E-state index in [-0.39, 0.29) is 5.91 Å². The van der Waals surface area contributed by atoms with Crippen molar-refractivity contribution in [2.45, 2.75) is 0 Å². The summed E-state index contributed by atoms with van der Waals surface area (Å²) in [4.78, 5) is 21.3. The first-order valence-electron chi connectivity index (χ1n) is 9.17. The highest BCUT2D eigenvalue weighted by molar-refractivity contribution is 5.93. The van der Waals surface area contributed by atoms with Gasteiger partial charge in [-0.3, -0.25) is 9.78 Å². The summed E-state index contributed by atoms with van der Waals surface area (Å²) in [6, 6.07) is 23.9. The zero-order chi connectivity index (χ0) is 18.5. The van der Waals surface area contributed by atoms with Crippen molar-refractivity contribution < 1.29 is 4.79 Å². The summed E-state index contributed by atoms with van der Waals surface area (Å²) < 4.78 is 0. The largest absolute Gasteiger partial charge is 0.368 e. The van der Waals surface area contributed by atoms with Crippen molar-refractivity contribution in [2.24, 2.45) is 0 Å². The lowest BCUT2D eigenvalue weighted by molar-refractivity contribution is 0.0741. The Labute approximate surface area is 159 Å². The maximum absolute atomic E-state index is 12.9. The Kier molecular flexibility index (Phi) is 5.01. The van der Waals surface area contributed by atoms with E-state index < -0.39 is 0 Å². The van der Waals surface area contributed by atoms with Crippen molar-refractivity contribution in [3.05, 3.63) is 84.7 Å². The highest BCUT2D eigenvalue weighted by Crippen LogP contribution is 2.19. The van der Waals surface area contributed by atoms with Crippen molar-refractivity contribution in [1.82, 2.24) is 9.88 Å². The van der Waals surface area contributed by atoms with Crippen molar-refractivity contribution in [1.29, 1.82) is 0 Å². The second kappa shape index (κ2) is 7.91. The molecule has 1 aliphatic heterocycles. The lowest BCUT2D eigenvalue weighted by Crippen LogP contribution is -2.49. The van der Waals surface area contributed by atoms with Gasteiger partial charge in [0.25, 0.3) is 5.91 Å². The molecule has 1 amide bonds. The zero-order valence-corrected chi connectivity index (χ0v) is 15.1. The molecule has 5 heteroatoms. The zero-order valence-electron chi connectivity index (χ0n) is 15.1. The molecule has 0 unspecified atom stereocenters. The van der Waals surface area contributed by atoms with Gasteiger partial charge in [0.05, 0.1) is 0 Å². The van der Waals surface area contributed by atoms with Crippen LogP contribution in [0.3, 0.4) is 0 Å². The third-order valence-electron chi connectivity index (χ3n) is 4.73. The van der Waals surface area contributed by atoms with Crippen LogP contribution in [0.4, 0.5) is 17.1 Å². The molecule has 1 aliphatic rings. The molecule has 2 aromatic carbocycles. The van der Waals surface area contributed by atoms with Crippen molar-refractivity contribution >= 4 is 23.0 Å². The van der Waals surface area contributed by atoms with E-state index in [4.69, 9.17) is 0 Å². The van der Waals surface area contributed by atoms with Crippen LogP contribution in [0.2, 0.25) is 0 Å². The number of carbonyl (C=O) groups excluding carboxylic acids is 1. The maximum atomic E-state index is 12.9. The lowest BCUT2D eigenvalue weighted by atomic mass is 10.2. The smallest absolute Gasteiger partial charge is 0.272 e. The van der Waals surface area contributed by atoms with Crippen LogP contribution >= 0.6 is 0 Å². The van der Waals surface area contributed by atoms with Crippen LogP contribution < -0.4 is 10.2 Å². The van der Waals surface area contributed by atoms with Crippen LogP contribution in [0.25, 0.3) is 0 Å². The Bertz CT molecular complexity index is 890. The number of amides is 1. The number of anilines is 3. The summed E-state index contributed by atoms with van der Waals surface area (Å²) >= 11 is 0. The fourth-order valence-corrected chi connectivity index (χ4v) is 3.28. The van der Waals surface area contributed by atoms with E-state index >= 15 is 0 Å². The average molecular weight is 358 g/mol. The van der Waals surface area contributed by atoms with Gasteiger partial charge in [-0.1, -0.05) is 36.4 Å². The number of carbonyl (C=O) groups is 1. The van der Waals surface area contributed by atoms with E-state index in [9.17, 15) is 4.79 Å². The van der Waals surface area contributed by atoms with Gasteiger partial charge >= 0.3 is 0 Å². The summed E-state index contributed by atoms with van der Waals surface area (Å²) in [5, 5.41) is 3.31. The van der Waals surface area contributed by atoms with Crippen LogP contribution in [-0.4, -0.2) is 42.0 Å². The molecule has 0 saturated carbocycles. The van der Waals surface area contributed by atoms with E-state index in [0.717, 1.165) is 24.5 Å². The molecule has 0 aliphatic carbocycles. The standard InChI is InChI=1S/C22H22N4O/c27-22(26-15-13-25(14-16-26)20-9-5-2-6-10-20)21-17-19(11-12-23-21)24-18-7-3-1-4-8-18/h1-12,17H,13-16H2,(H,23,24). The molecule has 1 saturated heterocycles. The highest BCUT2D eigenvalue weighted by atomic mass is 16.2. The highest BCUT2D eigenvalue weighted by Gasteiger charge is 2.23. The van der Waals surface area contributed by atoms with E-state index in [2.05, 4.69) is 27.3 Å². The van der Waals surface area contributed by atoms with Crippen molar-refractivity contribution in [3.63, 3.8) is 0 Å². The number of hydrogen-bond acceptors (Lipinski definition) is 4. The lowest BCUT2D eigenvalue weighted by Gasteiger charge is -2.36. The minimum Gasteiger partial charge on any atom is -0.368 e. The predicted octanol–water partition coefficient (Wildman–Crippen LogP) is 3.79. The Morgan fingerprint density at radius 1 is 0.815 bits per heavy atom. The number of piperazine rings is 1. The normalized spacial score (nSPS) is 14.1. The van der Waals surface area contributed by atoms with Crippen LogP contribution in [0.15, 0.2) is 79.0 Å². The number of rotatable bonds is 4. The van der Waals surface area contributed by atoms with Gasteiger partial charge in [0.2, 0.25) is 0 Å². The predicted molar refractivity (Wildman–Crippen MR) is 109 cm³/mol. The molecule has 2 heterocycles. The second-order valence-corrected chi connectivity index (χ2v) is 6.54. The van der Waals surface area contributed by atoms with Gasteiger partial charge in [0, 0.05) is 49.4 Å². The first-order chi connectivity index (χ1) is 13.3. The molecule has 1 aromatic heterocycles. The van der Waals surface area contributed by atoms with E-state index in [0.29, 0.717) is 18.8 Å². The van der Waals surface area contributed by atoms with Gasteiger partial charge in [0.15, 0.2) is 0 Å². The molecule has 3 aromatic rings. The van der Waals surface area contributed by atoms with Gasteiger partial charge < -0.3 is 15.1 Å². The summed E-state index contributed by atoms with van der Waals surface area (Å²) in [6.07, 6.45) is 1.68. The van der Waals surface area contributed by atoms with E-state index in [1.54, 1.807) is 6.20 Å². The molecule has 0 spiro atoms. The summed E-state index contributed by atoms with van der Waals surface area (Å²) in [5.41, 5.74) is 3.53. The summed E-state index contributed by atoms with van der Waals surface area (Å²) in [5.74, 6) is -0.0144. The molecule has 5 nitrogen and oxygen atoms in total. The summed E-state index contributed by atoms with van der Waals surface area (Å²) in [6.45, 7) is 3.06. The van der Waals surface area contributed by atoms with Crippen molar-refractivity contribution in [3.8, 4) is 0 Å². The Hall–Kier alpha value is -3.34. The number of nitrogens with zero attached hydrogens (tertiary/aromatic N) is 3. The SMILES string of the molecule is O=C(c1cc(Nc2ccccc2)ccn1)N1CCN(c2ccccc2)CC1. The van der Waals surface area contributed by atoms with Crippen LogP contribution in [0.1, 0.15) is 10.5 Å². The molecule has 136 valence electrons. The van der Waals surface area contributed by atoms with Gasteiger partial charge in [-0.05, 0) is 36.4 Å². The fourth-order valence-electron chi connectivity index (χ4n) is 3.28. The van der Waals surface area contributed by atoms with Gasteiger partial charge in [-0.15, -0.1) is 0 Å². The monoisotopic (exact) mass is 358 g/mol. The van der Waals surface area contributed by atoms with Gasteiger partial charge in [-0.25, -0.2) is 0 Å². The van der Waals surface area contributed by atoms with Gasteiger partial charge in [-0.2, -0.15) is 0 Å². The molecule has 1 fully saturated rings. The van der Waals surface area contributed by atoms with E-state index in [1.165, 1.54) is 5.69 Å². The third-order valence-corrected chi connectivity index (χ3v) is 4.73. The number of para-hydroxylation sites is 2. The molecule has 0 bridgehead atoms. The fraction of sp³-hybridized carbons (Fsp3) is 0.182. The molecule has 1 N–H and O–H groups in total. The molecule has 27 heavy (non-hydrogen) atoms. The average Bonchev–Trinajstić information content (AvgIpc) is 2.75. The van der Waals surface area contributed by atoms with Crippen LogP contribution in [0.5, 0.6) is 0 Å². The Morgan fingerprint density at radius 3 is 2.19 bits per heavy atom. The number of hydrogen-bond donors (Lipinski definition) is 1. The van der Waals surface area contributed by atoms with Gasteiger partial charge in [0.1, 0.15) is 5.69 Å². The second-order valence-electron chi connectivity index (χ2n) is 6.54. The summed E-state index contributed by atoms with van der Waals surface area (Å²) in [7, 11) is 0.